The second-order valence-corrected chi connectivity index (χ2v) is 8.90. The number of aromatic nitrogens is 4. The van der Waals surface area contributed by atoms with E-state index in [2.05, 4.69) is 20.5 Å². The van der Waals surface area contributed by atoms with E-state index < -0.39 is 5.97 Å². The zero-order valence-electron chi connectivity index (χ0n) is 20.3. The summed E-state index contributed by atoms with van der Waals surface area (Å²) >= 11 is 2.33. The van der Waals surface area contributed by atoms with Crippen LogP contribution in [0.1, 0.15) is 29.2 Å². The fraction of sp³-hybridized carbons (Fsp3) is 0.409. The number of amides is 1. The predicted molar refractivity (Wildman–Crippen MR) is 133 cm³/mol. The number of carbonyl (C=O) groups is 2. The summed E-state index contributed by atoms with van der Waals surface area (Å²) < 4.78 is 23.2. The number of aryl methyl sites for hydroxylation is 1. The molecule has 0 saturated carbocycles. The summed E-state index contributed by atoms with van der Waals surface area (Å²) in [6.45, 7) is 6.24. The first-order valence-corrected chi connectivity index (χ1v) is 12.5. The highest BCUT2D eigenvalue weighted by molar-refractivity contribution is 7.99. The SMILES string of the molecule is CCOC(=O)c1sc(NC(=O)CSc2nnc(-c3cc(OC)c(OC)c(OC)c3)n2CC)nc1C. The Kier molecular flexibility index (Phi) is 8.93. The number of benzene rings is 1. The second kappa shape index (κ2) is 11.9. The van der Waals surface area contributed by atoms with Gasteiger partial charge in [0.2, 0.25) is 11.7 Å². The van der Waals surface area contributed by atoms with Crippen molar-refractivity contribution < 1.29 is 28.5 Å². The lowest BCUT2D eigenvalue weighted by Crippen LogP contribution is -2.14. The third-order valence-electron chi connectivity index (χ3n) is 4.79. The number of nitrogens with zero attached hydrogens (tertiary/aromatic N) is 4. The minimum absolute atomic E-state index is 0.0841. The number of thioether (sulfide) groups is 1. The average Bonchev–Trinajstić information content (AvgIpc) is 3.44. The molecular formula is C22H27N5O6S2. The van der Waals surface area contributed by atoms with Crippen LogP contribution in [0.25, 0.3) is 11.4 Å². The Labute approximate surface area is 211 Å². The van der Waals surface area contributed by atoms with Crippen LogP contribution in [0.15, 0.2) is 17.3 Å². The van der Waals surface area contributed by atoms with Gasteiger partial charge >= 0.3 is 5.97 Å². The van der Waals surface area contributed by atoms with Gasteiger partial charge in [-0.2, -0.15) is 0 Å². The number of hydrogen-bond donors (Lipinski definition) is 1. The Balaban J connectivity index is 1.75. The first-order chi connectivity index (χ1) is 16.9. The molecule has 11 nitrogen and oxygen atoms in total. The molecule has 0 saturated heterocycles. The van der Waals surface area contributed by atoms with E-state index in [4.69, 9.17) is 18.9 Å². The van der Waals surface area contributed by atoms with Gasteiger partial charge in [-0.15, -0.1) is 10.2 Å². The highest BCUT2D eigenvalue weighted by atomic mass is 32.2. The predicted octanol–water partition coefficient (Wildman–Crippen LogP) is 3.66. The van der Waals surface area contributed by atoms with Gasteiger partial charge in [0.1, 0.15) is 4.88 Å². The van der Waals surface area contributed by atoms with Crippen LogP contribution in [0.3, 0.4) is 0 Å². The maximum absolute atomic E-state index is 12.5. The second-order valence-electron chi connectivity index (χ2n) is 6.96. The largest absolute Gasteiger partial charge is 0.493 e. The van der Waals surface area contributed by atoms with E-state index in [0.717, 1.165) is 16.9 Å². The van der Waals surface area contributed by atoms with Gasteiger partial charge in [-0.05, 0) is 32.9 Å². The minimum atomic E-state index is -0.451. The molecule has 2 aromatic heterocycles. The van der Waals surface area contributed by atoms with E-state index in [1.165, 1.54) is 11.8 Å². The fourth-order valence-electron chi connectivity index (χ4n) is 3.23. The first kappa shape index (κ1) is 26.3. The molecule has 0 atom stereocenters. The number of ether oxygens (including phenoxy) is 4. The van der Waals surface area contributed by atoms with E-state index in [9.17, 15) is 9.59 Å². The summed E-state index contributed by atoms with van der Waals surface area (Å²) in [6.07, 6.45) is 0. The Morgan fingerprint density at radius 3 is 2.34 bits per heavy atom. The molecule has 0 radical (unpaired) electrons. The number of esters is 1. The summed E-state index contributed by atoms with van der Waals surface area (Å²) in [7, 11) is 4.63. The number of rotatable bonds is 11. The maximum atomic E-state index is 12.5. The van der Waals surface area contributed by atoms with Crippen LogP contribution in [0, 0.1) is 6.92 Å². The van der Waals surface area contributed by atoms with Crippen LogP contribution in [0.2, 0.25) is 0 Å². The van der Waals surface area contributed by atoms with E-state index in [0.29, 0.717) is 50.5 Å². The number of nitrogens with one attached hydrogen (secondary N) is 1. The molecule has 0 spiro atoms. The molecule has 3 rings (SSSR count). The van der Waals surface area contributed by atoms with E-state index >= 15 is 0 Å². The molecule has 13 heteroatoms. The minimum Gasteiger partial charge on any atom is -0.493 e. The molecule has 1 amide bonds. The molecule has 0 aliphatic heterocycles. The van der Waals surface area contributed by atoms with Crippen LogP contribution in [0.5, 0.6) is 17.2 Å². The fourth-order valence-corrected chi connectivity index (χ4v) is 4.90. The van der Waals surface area contributed by atoms with Gasteiger partial charge in [0.25, 0.3) is 0 Å². The van der Waals surface area contributed by atoms with Crippen LogP contribution in [-0.2, 0) is 16.1 Å². The molecule has 0 aliphatic carbocycles. The van der Waals surface area contributed by atoms with Crippen molar-refractivity contribution in [2.45, 2.75) is 32.5 Å². The number of carbonyl (C=O) groups excluding carboxylic acids is 2. The van der Waals surface area contributed by atoms with Gasteiger partial charge in [-0.1, -0.05) is 23.1 Å². The summed E-state index contributed by atoms with van der Waals surface area (Å²) in [5.74, 6) is 1.44. The molecule has 0 fully saturated rings. The Bertz CT molecular complexity index is 1180. The quantitative estimate of drug-likeness (QED) is 0.295. The lowest BCUT2D eigenvalue weighted by atomic mass is 10.1. The average molecular weight is 522 g/mol. The van der Waals surface area contributed by atoms with Gasteiger partial charge in [0, 0.05) is 12.1 Å². The molecule has 1 N–H and O–H groups in total. The lowest BCUT2D eigenvalue weighted by molar-refractivity contribution is -0.113. The van der Waals surface area contributed by atoms with Crippen molar-refractivity contribution in [2.75, 3.05) is 39.0 Å². The molecular weight excluding hydrogens is 494 g/mol. The molecule has 0 bridgehead atoms. The zero-order valence-corrected chi connectivity index (χ0v) is 22.0. The molecule has 35 heavy (non-hydrogen) atoms. The highest BCUT2D eigenvalue weighted by Gasteiger charge is 2.21. The van der Waals surface area contributed by atoms with Crippen LogP contribution in [-0.4, -0.2) is 65.3 Å². The molecule has 188 valence electrons. The van der Waals surface area contributed by atoms with Crippen molar-refractivity contribution in [3.8, 4) is 28.6 Å². The van der Waals surface area contributed by atoms with Gasteiger partial charge in [0.15, 0.2) is 27.6 Å². The van der Waals surface area contributed by atoms with Gasteiger partial charge < -0.3 is 28.8 Å². The third-order valence-corrected chi connectivity index (χ3v) is 6.81. The van der Waals surface area contributed by atoms with Crippen molar-refractivity contribution in [3.63, 3.8) is 0 Å². The van der Waals surface area contributed by atoms with E-state index in [1.807, 2.05) is 11.5 Å². The van der Waals surface area contributed by atoms with Crippen molar-refractivity contribution in [1.29, 1.82) is 0 Å². The number of anilines is 1. The summed E-state index contributed by atoms with van der Waals surface area (Å²) in [6, 6.07) is 3.59. The number of hydrogen-bond acceptors (Lipinski definition) is 11. The number of thiazole rings is 1. The summed E-state index contributed by atoms with van der Waals surface area (Å²) in [4.78, 5) is 29.1. The maximum Gasteiger partial charge on any atom is 0.350 e. The van der Waals surface area contributed by atoms with Crippen molar-refractivity contribution >= 4 is 40.1 Å². The zero-order chi connectivity index (χ0) is 25.5. The molecule has 0 aliphatic rings. The van der Waals surface area contributed by atoms with Crippen molar-refractivity contribution in [3.05, 3.63) is 22.7 Å². The third kappa shape index (κ3) is 5.85. The van der Waals surface area contributed by atoms with Crippen LogP contribution < -0.4 is 19.5 Å². The van der Waals surface area contributed by atoms with Crippen molar-refractivity contribution in [2.24, 2.45) is 0 Å². The van der Waals surface area contributed by atoms with E-state index in [1.54, 1.807) is 47.3 Å². The smallest absolute Gasteiger partial charge is 0.350 e. The Hall–Kier alpha value is -3.32. The van der Waals surface area contributed by atoms with Crippen LogP contribution in [0.4, 0.5) is 5.13 Å². The summed E-state index contributed by atoms with van der Waals surface area (Å²) in [5, 5.41) is 12.2. The first-order valence-electron chi connectivity index (χ1n) is 10.7. The van der Waals surface area contributed by atoms with Crippen molar-refractivity contribution in [1.82, 2.24) is 19.7 Å². The Morgan fingerprint density at radius 1 is 1.09 bits per heavy atom. The molecule has 1 aromatic carbocycles. The Morgan fingerprint density at radius 2 is 1.77 bits per heavy atom. The van der Waals surface area contributed by atoms with E-state index in [-0.39, 0.29) is 18.3 Å². The molecule has 0 unspecified atom stereocenters. The van der Waals surface area contributed by atoms with Gasteiger partial charge in [0.05, 0.1) is 39.4 Å². The van der Waals surface area contributed by atoms with Gasteiger partial charge in [-0.25, -0.2) is 9.78 Å². The number of methoxy groups -OCH3 is 3. The van der Waals surface area contributed by atoms with Gasteiger partial charge in [-0.3, -0.25) is 4.79 Å². The van der Waals surface area contributed by atoms with Crippen LogP contribution >= 0.6 is 23.1 Å². The molecule has 2 heterocycles. The molecule has 3 aromatic rings. The monoisotopic (exact) mass is 521 g/mol. The lowest BCUT2D eigenvalue weighted by Gasteiger charge is -2.14. The normalized spacial score (nSPS) is 10.7. The summed E-state index contributed by atoms with van der Waals surface area (Å²) in [5.41, 5.74) is 1.24. The topological polar surface area (TPSA) is 127 Å². The highest BCUT2D eigenvalue weighted by Crippen LogP contribution is 2.41. The standard InChI is InChI=1S/C22H27N5O6S2/c1-7-27-19(13-9-14(30-4)17(32-6)15(10-13)31-5)25-26-22(27)34-11-16(28)24-21-23-12(3)18(35-21)20(29)33-8-2/h9-10H,7-8,11H2,1-6H3,(H,23,24,28).